The molecule has 0 aliphatic carbocycles. The monoisotopic (exact) mass is 369 g/mol. The number of nitrogens with one attached hydrogen (secondary N) is 2. The van der Waals surface area contributed by atoms with E-state index in [4.69, 9.17) is 4.74 Å². The van der Waals surface area contributed by atoms with Crippen molar-refractivity contribution in [1.82, 2.24) is 15.3 Å². The summed E-state index contributed by atoms with van der Waals surface area (Å²) in [6, 6.07) is 15.4. The van der Waals surface area contributed by atoms with Crippen molar-refractivity contribution in [3.05, 3.63) is 59.9 Å². The van der Waals surface area contributed by atoms with Gasteiger partial charge in [-0.25, -0.2) is 4.98 Å². The summed E-state index contributed by atoms with van der Waals surface area (Å²) in [6.45, 7) is 1.95. The third-order valence-electron chi connectivity index (χ3n) is 4.14. The SMILES string of the molecule is CSCC[C@H](NC(=O)COc1ccccc1C)c1nc2ccccc2[nH]1. The van der Waals surface area contributed by atoms with Gasteiger partial charge in [-0.2, -0.15) is 11.8 Å². The van der Waals surface area contributed by atoms with E-state index in [0.717, 1.165) is 40.3 Å². The average molecular weight is 369 g/mol. The van der Waals surface area contributed by atoms with E-state index in [-0.39, 0.29) is 18.6 Å². The number of aromatic nitrogens is 2. The first kappa shape index (κ1) is 18.3. The molecule has 0 spiro atoms. The molecule has 0 bridgehead atoms. The summed E-state index contributed by atoms with van der Waals surface area (Å²) < 4.78 is 5.65. The molecule has 0 saturated carbocycles. The second kappa shape index (κ2) is 8.76. The molecule has 136 valence electrons. The fourth-order valence-electron chi connectivity index (χ4n) is 2.75. The van der Waals surface area contributed by atoms with E-state index in [9.17, 15) is 4.79 Å². The van der Waals surface area contributed by atoms with E-state index < -0.39 is 0 Å². The molecule has 0 fully saturated rings. The molecule has 3 rings (SSSR count). The van der Waals surface area contributed by atoms with Crippen molar-refractivity contribution in [3.63, 3.8) is 0 Å². The van der Waals surface area contributed by atoms with Crippen molar-refractivity contribution < 1.29 is 9.53 Å². The molecule has 26 heavy (non-hydrogen) atoms. The van der Waals surface area contributed by atoms with E-state index in [0.29, 0.717) is 0 Å². The molecule has 1 aromatic heterocycles. The number of hydrogen-bond acceptors (Lipinski definition) is 4. The Morgan fingerprint density at radius 2 is 2.00 bits per heavy atom. The maximum atomic E-state index is 12.4. The maximum absolute atomic E-state index is 12.4. The van der Waals surface area contributed by atoms with Crippen LogP contribution in [0.3, 0.4) is 0 Å². The number of carbonyl (C=O) groups is 1. The van der Waals surface area contributed by atoms with Crippen LogP contribution >= 0.6 is 11.8 Å². The number of para-hydroxylation sites is 3. The van der Waals surface area contributed by atoms with Gasteiger partial charge in [0, 0.05) is 0 Å². The summed E-state index contributed by atoms with van der Waals surface area (Å²) in [4.78, 5) is 20.4. The molecule has 0 radical (unpaired) electrons. The summed E-state index contributed by atoms with van der Waals surface area (Å²) in [5, 5.41) is 3.05. The first-order chi connectivity index (χ1) is 12.7. The molecule has 0 aliphatic rings. The van der Waals surface area contributed by atoms with Crippen molar-refractivity contribution in [3.8, 4) is 5.75 Å². The Bertz CT molecular complexity index is 845. The summed E-state index contributed by atoms with van der Waals surface area (Å²) in [6.07, 6.45) is 2.86. The van der Waals surface area contributed by atoms with Gasteiger partial charge < -0.3 is 15.0 Å². The predicted molar refractivity (Wildman–Crippen MR) is 107 cm³/mol. The lowest BCUT2D eigenvalue weighted by molar-refractivity contribution is -0.123. The molecular weight excluding hydrogens is 346 g/mol. The highest BCUT2D eigenvalue weighted by atomic mass is 32.2. The number of benzene rings is 2. The minimum absolute atomic E-state index is 0.0130. The quantitative estimate of drug-likeness (QED) is 0.633. The van der Waals surface area contributed by atoms with E-state index in [1.165, 1.54) is 0 Å². The van der Waals surface area contributed by atoms with Crippen LogP contribution in [0.25, 0.3) is 11.0 Å². The zero-order valence-corrected chi connectivity index (χ0v) is 15.8. The topological polar surface area (TPSA) is 67.0 Å². The number of aryl methyl sites for hydroxylation is 1. The standard InChI is InChI=1S/C20H23N3O2S/c1-14-7-3-6-10-18(14)25-13-19(24)21-17(11-12-26-2)20-22-15-8-4-5-9-16(15)23-20/h3-10,17H,11-13H2,1-2H3,(H,21,24)(H,22,23)/t17-/m0/s1. The summed E-state index contributed by atoms with van der Waals surface area (Å²) in [5.74, 6) is 2.29. The Morgan fingerprint density at radius 1 is 1.23 bits per heavy atom. The molecule has 3 aromatic rings. The number of aromatic amines is 1. The second-order valence-corrected chi connectivity index (χ2v) is 7.08. The van der Waals surface area contributed by atoms with Gasteiger partial charge in [0.05, 0.1) is 17.1 Å². The number of carbonyl (C=O) groups excluding carboxylic acids is 1. The number of ether oxygens (including phenoxy) is 1. The van der Waals surface area contributed by atoms with Crippen LogP contribution in [-0.4, -0.2) is 34.5 Å². The van der Waals surface area contributed by atoms with E-state index in [1.807, 2.05) is 55.5 Å². The number of amides is 1. The average Bonchev–Trinajstić information content (AvgIpc) is 3.08. The highest BCUT2D eigenvalue weighted by Crippen LogP contribution is 2.20. The Kier molecular flexibility index (Phi) is 6.17. The number of H-pyrrole nitrogens is 1. The van der Waals surface area contributed by atoms with E-state index >= 15 is 0 Å². The Hall–Kier alpha value is -2.47. The number of rotatable bonds is 8. The van der Waals surface area contributed by atoms with Crippen LogP contribution in [0.2, 0.25) is 0 Å². The van der Waals surface area contributed by atoms with E-state index in [2.05, 4.69) is 21.5 Å². The Balaban J connectivity index is 1.67. The number of fused-ring (bicyclic) bond motifs is 1. The van der Waals surface area contributed by atoms with Crippen LogP contribution in [0, 0.1) is 6.92 Å². The van der Waals surface area contributed by atoms with Crippen molar-refractivity contribution >= 4 is 28.7 Å². The fraction of sp³-hybridized carbons (Fsp3) is 0.300. The van der Waals surface area contributed by atoms with Crippen LogP contribution in [0.5, 0.6) is 5.75 Å². The van der Waals surface area contributed by atoms with Crippen molar-refractivity contribution in [1.29, 1.82) is 0 Å². The van der Waals surface area contributed by atoms with E-state index in [1.54, 1.807) is 11.8 Å². The smallest absolute Gasteiger partial charge is 0.258 e. The molecule has 2 aromatic carbocycles. The third kappa shape index (κ3) is 4.58. The summed E-state index contributed by atoms with van der Waals surface area (Å²) in [7, 11) is 0. The van der Waals surface area contributed by atoms with Gasteiger partial charge in [-0.05, 0) is 49.1 Å². The van der Waals surface area contributed by atoms with Crippen LogP contribution in [-0.2, 0) is 4.79 Å². The number of nitrogens with zero attached hydrogens (tertiary/aromatic N) is 1. The predicted octanol–water partition coefficient (Wildman–Crippen LogP) is 3.86. The van der Waals surface area contributed by atoms with Crippen LogP contribution in [0.4, 0.5) is 0 Å². The van der Waals surface area contributed by atoms with Crippen molar-refractivity contribution in [2.75, 3.05) is 18.6 Å². The molecule has 0 unspecified atom stereocenters. The zero-order valence-electron chi connectivity index (χ0n) is 15.0. The number of hydrogen-bond donors (Lipinski definition) is 2. The molecule has 0 aliphatic heterocycles. The highest BCUT2D eigenvalue weighted by Gasteiger charge is 2.18. The Labute approximate surface area is 157 Å². The first-order valence-electron chi connectivity index (χ1n) is 8.58. The van der Waals surface area contributed by atoms with Gasteiger partial charge in [0.25, 0.3) is 5.91 Å². The lowest BCUT2D eigenvalue weighted by Crippen LogP contribution is -2.33. The normalized spacial score (nSPS) is 12.1. The molecule has 1 atom stereocenters. The maximum Gasteiger partial charge on any atom is 0.258 e. The van der Waals surface area contributed by atoms with Gasteiger partial charge in [-0.15, -0.1) is 0 Å². The van der Waals surface area contributed by atoms with Gasteiger partial charge in [-0.3, -0.25) is 4.79 Å². The molecule has 1 heterocycles. The summed E-state index contributed by atoms with van der Waals surface area (Å²) in [5.41, 5.74) is 2.89. The zero-order chi connectivity index (χ0) is 18.4. The fourth-order valence-corrected chi connectivity index (χ4v) is 3.22. The molecule has 0 saturated heterocycles. The largest absolute Gasteiger partial charge is 0.484 e. The van der Waals surface area contributed by atoms with Crippen molar-refractivity contribution in [2.24, 2.45) is 0 Å². The van der Waals surface area contributed by atoms with Crippen molar-refractivity contribution in [2.45, 2.75) is 19.4 Å². The minimum Gasteiger partial charge on any atom is -0.484 e. The molecule has 2 N–H and O–H groups in total. The Morgan fingerprint density at radius 3 is 2.77 bits per heavy atom. The minimum atomic E-state index is -0.164. The lowest BCUT2D eigenvalue weighted by atomic mass is 10.2. The lowest BCUT2D eigenvalue weighted by Gasteiger charge is -2.17. The number of imidazole rings is 1. The van der Waals surface area contributed by atoms with Gasteiger partial charge in [0.1, 0.15) is 11.6 Å². The summed E-state index contributed by atoms with van der Waals surface area (Å²) >= 11 is 1.75. The van der Waals surface area contributed by atoms with Crippen LogP contribution in [0.1, 0.15) is 23.9 Å². The second-order valence-electron chi connectivity index (χ2n) is 6.09. The molecule has 1 amide bonds. The van der Waals surface area contributed by atoms with Crippen LogP contribution < -0.4 is 10.1 Å². The van der Waals surface area contributed by atoms with Gasteiger partial charge in [0.15, 0.2) is 6.61 Å². The first-order valence-corrected chi connectivity index (χ1v) is 9.98. The van der Waals surface area contributed by atoms with Gasteiger partial charge >= 0.3 is 0 Å². The molecule has 6 heteroatoms. The molecular formula is C20H23N3O2S. The highest BCUT2D eigenvalue weighted by molar-refractivity contribution is 7.98. The molecule has 5 nitrogen and oxygen atoms in total. The van der Waals surface area contributed by atoms with Gasteiger partial charge in [-0.1, -0.05) is 30.3 Å². The van der Waals surface area contributed by atoms with Gasteiger partial charge in [0.2, 0.25) is 0 Å². The van der Waals surface area contributed by atoms with Crippen LogP contribution in [0.15, 0.2) is 48.5 Å². The third-order valence-corrected chi connectivity index (χ3v) is 4.78. The number of thioether (sulfide) groups is 1.